The SMILES string of the molecule is CC(C)(C)OC(=O)N1CCC(CC2CCC2)C1. The molecule has 3 nitrogen and oxygen atoms in total. The summed E-state index contributed by atoms with van der Waals surface area (Å²) in [6, 6.07) is 0. The fourth-order valence-electron chi connectivity index (χ4n) is 2.72. The van der Waals surface area contributed by atoms with Crippen LogP contribution in [0.15, 0.2) is 0 Å². The highest BCUT2D eigenvalue weighted by Crippen LogP contribution is 2.35. The Morgan fingerprint density at radius 1 is 1.24 bits per heavy atom. The minimum Gasteiger partial charge on any atom is -0.444 e. The van der Waals surface area contributed by atoms with Crippen LogP contribution in [-0.4, -0.2) is 29.7 Å². The van der Waals surface area contributed by atoms with Crippen molar-refractivity contribution in [1.82, 2.24) is 4.90 Å². The summed E-state index contributed by atoms with van der Waals surface area (Å²) in [6.45, 7) is 7.56. The van der Waals surface area contributed by atoms with Crippen molar-refractivity contribution in [3.63, 3.8) is 0 Å². The van der Waals surface area contributed by atoms with Crippen molar-refractivity contribution in [2.45, 2.75) is 58.5 Å². The summed E-state index contributed by atoms with van der Waals surface area (Å²) < 4.78 is 5.40. The predicted octanol–water partition coefficient (Wildman–Crippen LogP) is 3.43. The lowest BCUT2D eigenvalue weighted by atomic mass is 9.79. The van der Waals surface area contributed by atoms with Crippen LogP contribution in [0.4, 0.5) is 4.79 Å². The maximum Gasteiger partial charge on any atom is 0.410 e. The van der Waals surface area contributed by atoms with Gasteiger partial charge < -0.3 is 9.64 Å². The molecule has 0 aromatic carbocycles. The van der Waals surface area contributed by atoms with Crippen LogP contribution in [0.1, 0.15) is 52.9 Å². The summed E-state index contributed by atoms with van der Waals surface area (Å²) in [4.78, 5) is 13.8. The second-order valence-corrected chi connectivity index (χ2v) is 6.61. The van der Waals surface area contributed by atoms with E-state index in [2.05, 4.69) is 0 Å². The zero-order chi connectivity index (χ0) is 12.5. The number of carbonyl (C=O) groups is 1. The largest absolute Gasteiger partial charge is 0.444 e. The number of likely N-dealkylation sites (tertiary alicyclic amines) is 1. The number of hydrogen-bond acceptors (Lipinski definition) is 2. The van der Waals surface area contributed by atoms with Crippen LogP contribution in [0.5, 0.6) is 0 Å². The first kappa shape index (κ1) is 12.7. The lowest BCUT2D eigenvalue weighted by molar-refractivity contribution is 0.0285. The van der Waals surface area contributed by atoms with E-state index < -0.39 is 0 Å². The van der Waals surface area contributed by atoms with E-state index in [-0.39, 0.29) is 11.7 Å². The van der Waals surface area contributed by atoms with Crippen molar-refractivity contribution in [2.24, 2.45) is 11.8 Å². The van der Waals surface area contributed by atoms with Crippen LogP contribution in [0.3, 0.4) is 0 Å². The predicted molar refractivity (Wildman–Crippen MR) is 67.9 cm³/mol. The maximum absolute atomic E-state index is 11.9. The number of amides is 1. The summed E-state index contributed by atoms with van der Waals surface area (Å²) in [6.07, 6.45) is 6.57. The summed E-state index contributed by atoms with van der Waals surface area (Å²) >= 11 is 0. The van der Waals surface area contributed by atoms with E-state index in [4.69, 9.17) is 4.74 Å². The highest BCUT2D eigenvalue weighted by molar-refractivity contribution is 5.68. The van der Waals surface area contributed by atoms with E-state index in [1.165, 1.54) is 25.7 Å². The summed E-state index contributed by atoms with van der Waals surface area (Å²) in [5.74, 6) is 1.66. The monoisotopic (exact) mass is 239 g/mol. The van der Waals surface area contributed by atoms with Crippen molar-refractivity contribution in [3.8, 4) is 0 Å². The Hall–Kier alpha value is -0.730. The molecule has 1 heterocycles. The third-order valence-electron chi connectivity index (χ3n) is 3.83. The average Bonchev–Trinajstić information content (AvgIpc) is 2.56. The van der Waals surface area contributed by atoms with Gasteiger partial charge in [0.25, 0.3) is 0 Å². The molecule has 2 rings (SSSR count). The van der Waals surface area contributed by atoms with Gasteiger partial charge in [-0.1, -0.05) is 19.3 Å². The van der Waals surface area contributed by atoms with Gasteiger partial charge in [-0.3, -0.25) is 0 Å². The van der Waals surface area contributed by atoms with Gasteiger partial charge in [-0.25, -0.2) is 4.79 Å². The molecule has 2 aliphatic rings. The van der Waals surface area contributed by atoms with Crippen molar-refractivity contribution < 1.29 is 9.53 Å². The number of rotatable bonds is 2. The summed E-state index contributed by atoms with van der Waals surface area (Å²) in [7, 11) is 0. The Balaban J connectivity index is 1.74. The lowest BCUT2D eigenvalue weighted by Crippen LogP contribution is -2.35. The van der Waals surface area contributed by atoms with E-state index >= 15 is 0 Å². The third kappa shape index (κ3) is 3.62. The average molecular weight is 239 g/mol. The molecule has 1 unspecified atom stereocenters. The summed E-state index contributed by atoms with van der Waals surface area (Å²) in [5, 5.41) is 0. The Labute approximate surface area is 105 Å². The molecule has 1 saturated heterocycles. The Morgan fingerprint density at radius 3 is 2.47 bits per heavy atom. The molecule has 0 N–H and O–H groups in total. The highest BCUT2D eigenvalue weighted by Gasteiger charge is 2.32. The van der Waals surface area contributed by atoms with Gasteiger partial charge in [0.15, 0.2) is 0 Å². The quantitative estimate of drug-likeness (QED) is 0.739. The van der Waals surface area contributed by atoms with Crippen LogP contribution in [0, 0.1) is 11.8 Å². The summed E-state index contributed by atoms with van der Waals surface area (Å²) in [5.41, 5.74) is -0.372. The van der Waals surface area contributed by atoms with E-state index in [1.807, 2.05) is 25.7 Å². The molecule has 0 aromatic heterocycles. The smallest absolute Gasteiger partial charge is 0.410 e. The van der Waals surface area contributed by atoms with Gasteiger partial charge in [-0.2, -0.15) is 0 Å². The fourth-order valence-corrected chi connectivity index (χ4v) is 2.72. The van der Waals surface area contributed by atoms with Crippen LogP contribution < -0.4 is 0 Å². The Kier molecular flexibility index (Phi) is 3.64. The normalized spacial score (nSPS) is 25.8. The minimum atomic E-state index is -0.372. The molecule has 1 aliphatic heterocycles. The van der Waals surface area contributed by atoms with Crippen molar-refractivity contribution >= 4 is 6.09 Å². The number of nitrogens with zero attached hydrogens (tertiary/aromatic N) is 1. The first-order valence-corrected chi connectivity index (χ1v) is 6.92. The van der Waals surface area contributed by atoms with Gasteiger partial charge in [-0.05, 0) is 45.4 Å². The first-order valence-electron chi connectivity index (χ1n) is 6.92. The van der Waals surface area contributed by atoms with Crippen LogP contribution in [-0.2, 0) is 4.74 Å². The molecule has 3 heteroatoms. The molecule has 98 valence electrons. The lowest BCUT2D eigenvalue weighted by Gasteiger charge is -2.28. The molecule has 0 aromatic rings. The van der Waals surface area contributed by atoms with Gasteiger partial charge in [-0.15, -0.1) is 0 Å². The molecule has 2 fully saturated rings. The fraction of sp³-hybridized carbons (Fsp3) is 0.929. The Morgan fingerprint density at radius 2 is 1.94 bits per heavy atom. The topological polar surface area (TPSA) is 29.5 Å². The Bertz CT molecular complexity index is 278. The molecule has 17 heavy (non-hydrogen) atoms. The number of ether oxygens (including phenoxy) is 1. The van der Waals surface area contributed by atoms with Crippen LogP contribution in [0.2, 0.25) is 0 Å². The van der Waals surface area contributed by atoms with Crippen LogP contribution >= 0.6 is 0 Å². The molecular formula is C14H25NO2. The molecule has 0 bridgehead atoms. The van der Waals surface area contributed by atoms with Gasteiger partial charge in [0.1, 0.15) is 5.60 Å². The molecule has 1 atom stereocenters. The minimum absolute atomic E-state index is 0.131. The van der Waals surface area contributed by atoms with Gasteiger partial charge in [0.05, 0.1) is 0 Å². The van der Waals surface area contributed by atoms with Crippen molar-refractivity contribution in [1.29, 1.82) is 0 Å². The van der Waals surface area contributed by atoms with Crippen molar-refractivity contribution in [2.75, 3.05) is 13.1 Å². The molecule has 0 radical (unpaired) electrons. The molecule has 1 aliphatic carbocycles. The highest BCUT2D eigenvalue weighted by atomic mass is 16.6. The van der Waals surface area contributed by atoms with Crippen LogP contribution in [0.25, 0.3) is 0 Å². The zero-order valence-electron chi connectivity index (χ0n) is 11.4. The first-order chi connectivity index (χ1) is 7.94. The molecular weight excluding hydrogens is 214 g/mol. The number of hydrogen-bond donors (Lipinski definition) is 0. The number of carbonyl (C=O) groups excluding carboxylic acids is 1. The second-order valence-electron chi connectivity index (χ2n) is 6.61. The second kappa shape index (κ2) is 4.87. The van der Waals surface area contributed by atoms with Gasteiger partial charge in [0, 0.05) is 13.1 Å². The zero-order valence-corrected chi connectivity index (χ0v) is 11.4. The van der Waals surface area contributed by atoms with Crippen molar-refractivity contribution in [3.05, 3.63) is 0 Å². The van der Waals surface area contributed by atoms with Gasteiger partial charge >= 0.3 is 6.09 Å². The van der Waals surface area contributed by atoms with Gasteiger partial charge in [0.2, 0.25) is 0 Å². The standard InChI is InChI=1S/C14H25NO2/c1-14(2,3)17-13(16)15-8-7-12(10-15)9-11-5-4-6-11/h11-12H,4-10H2,1-3H3. The van der Waals surface area contributed by atoms with E-state index in [0.29, 0.717) is 5.92 Å². The third-order valence-corrected chi connectivity index (χ3v) is 3.83. The van der Waals surface area contributed by atoms with E-state index in [1.54, 1.807) is 0 Å². The molecule has 1 saturated carbocycles. The maximum atomic E-state index is 11.9. The van der Waals surface area contributed by atoms with E-state index in [0.717, 1.165) is 25.4 Å². The molecule has 0 spiro atoms. The molecule has 1 amide bonds. The van der Waals surface area contributed by atoms with E-state index in [9.17, 15) is 4.79 Å².